The van der Waals surface area contributed by atoms with E-state index < -0.39 is 0 Å². The van der Waals surface area contributed by atoms with Crippen LogP contribution in [0.2, 0.25) is 0 Å². The Morgan fingerprint density at radius 3 is 2.65 bits per heavy atom. The van der Waals surface area contributed by atoms with Gasteiger partial charge in [-0.25, -0.2) is 0 Å². The lowest BCUT2D eigenvalue weighted by Gasteiger charge is -2.32. The molecule has 0 bridgehead atoms. The molecule has 0 saturated carbocycles. The molecule has 1 fully saturated rings. The number of nitro benzene ring substituents is 1. The van der Waals surface area contributed by atoms with E-state index in [1.807, 2.05) is 0 Å². The van der Waals surface area contributed by atoms with Gasteiger partial charge in [-0.1, -0.05) is 12.1 Å². The van der Waals surface area contributed by atoms with Gasteiger partial charge >= 0.3 is 0 Å². The topological polar surface area (TPSA) is 88.6 Å². The Bertz CT molecular complexity index is 691. The van der Waals surface area contributed by atoms with Gasteiger partial charge in [0.2, 0.25) is 0 Å². The van der Waals surface area contributed by atoms with E-state index >= 15 is 0 Å². The number of hydrogen-bond acceptors (Lipinski definition) is 5. The first kappa shape index (κ1) is 15.1. The summed E-state index contributed by atoms with van der Waals surface area (Å²) in [6.45, 7) is 1.23. The van der Waals surface area contributed by atoms with Crippen molar-refractivity contribution in [1.29, 1.82) is 0 Å². The number of likely N-dealkylation sites (tertiary alicyclic amines) is 1. The van der Waals surface area contributed by atoms with E-state index in [1.165, 1.54) is 18.6 Å². The lowest BCUT2D eigenvalue weighted by Crippen LogP contribution is -2.42. The number of benzene rings is 1. The molecule has 1 aliphatic rings. The molecule has 7 heteroatoms. The van der Waals surface area contributed by atoms with Gasteiger partial charge in [-0.15, -0.1) is 0 Å². The van der Waals surface area contributed by atoms with Crippen LogP contribution in [0.15, 0.2) is 47.3 Å². The molecule has 2 heterocycles. The zero-order valence-corrected chi connectivity index (χ0v) is 12.5. The van der Waals surface area contributed by atoms with Crippen LogP contribution in [0.1, 0.15) is 23.2 Å². The van der Waals surface area contributed by atoms with Gasteiger partial charge < -0.3 is 14.6 Å². The number of nitrogens with one attached hydrogen (secondary N) is 1. The third-order valence-electron chi connectivity index (χ3n) is 4.01. The summed E-state index contributed by atoms with van der Waals surface area (Å²) >= 11 is 0. The lowest BCUT2D eigenvalue weighted by atomic mass is 10.0. The molecule has 120 valence electrons. The molecule has 0 aliphatic carbocycles. The number of nitro groups is 1. The van der Waals surface area contributed by atoms with Crippen molar-refractivity contribution in [1.82, 2.24) is 4.90 Å². The van der Waals surface area contributed by atoms with Crippen LogP contribution in [0.3, 0.4) is 0 Å². The number of piperidine rings is 1. The average Bonchev–Trinajstić information content (AvgIpc) is 3.10. The maximum absolute atomic E-state index is 12.2. The standard InChI is InChI=1S/C16H17N3O4/c20-16(12-7-10-23-11-12)18-8-5-13(6-9-18)17-14-3-1-2-4-15(14)19(21)22/h1-4,7,10-11,13,17H,5-6,8-9H2. The van der Waals surface area contributed by atoms with Crippen molar-refractivity contribution in [3.8, 4) is 0 Å². The number of furan rings is 1. The fourth-order valence-corrected chi connectivity index (χ4v) is 2.77. The van der Waals surface area contributed by atoms with Gasteiger partial charge in [0.15, 0.2) is 0 Å². The molecule has 1 saturated heterocycles. The molecule has 0 radical (unpaired) electrons. The number of anilines is 1. The summed E-state index contributed by atoms with van der Waals surface area (Å²) in [4.78, 5) is 24.7. The van der Waals surface area contributed by atoms with E-state index in [-0.39, 0.29) is 22.6 Å². The number of nitrogens with zero attached hydrogens (tertiary/aromatic N) is 2. The zero-order valence-electron chi connectivity index (χ0n) is 12.5. The summed E-state index contributed by atoms with van der Waals surface area (Å²) in [6, 6.07) is 8.38. The van der Waals surface area contributed by atoms with Crippen LogP contribution in [0.5, 0.6) is 0 Å². The van der Waals surface area contributed by atoms with E-state index in [4.69, 9.17) is 4.42 Å². The summed E-state index contributed by atoms with van der Waals surface area (Å²) in [5.74, 6) is -0.0390. The first-order chi connectivity index (χ1) is 11.1. The lowest BCUT2D eigenvalue weighted by molar-refractivity contribution is -0.384. The molecule has 0 unspecified atom stereocenters. The first-order valence-electron chi connectivity index (χ1n) is 7.46. The van der Waals surface area contributed by atoms with Gasteiger partial charge in [0, 0.05) is 25.2 Å². The van der Waals surface area contributed by atoms with Crippen molar-refractivity contribution < 1.29 is 14.1 Å². The third kappa shape index (κ3) is 3.33. The zero-order chi connectivity index (χ0) is 16.2. The minimum atomic E-state index is -0.389. The Balaban J connectivity index is 1.60. The highest BCUT2D eigenvalue weighted by atomic mass is 16.6. The average molecular weight is 315 g/mol. The van der Waals surface area contributed by atoms with Gasteiger partial charge in [0.1, 0.15) is 12.0 Å². The summed E-state index contributed by atoms with van der Waals surface area (Å²) in [5, 5.41) is 14.3. The monoisotopic (exact) mass is 315 g/mol. The fourth-order valence-electron chi connectivity index (χ4n) is 2.77. The Morgan fingerprint density at radius 1 is 1.26 bits per heavy atom. The van der Waals surface area contributed by atoms with Crippen LogP contribution >= 0.6 is 0 Å². The molecule has 1 aromatic heterocycles. The Kier molecular flexibility index (Phi) is 4.27. The second-order valence-electron chi connectivity index (χ2n) is 5.50. The normalized spacial score (nSPS) is 15.4. The van der Waals surface area contributed by atoms with Crippen molar-refractivity contribution in [2.24, 2.45) is 0 Å². The summed E-state index contributed by atoms with van der Waals surface area (Å²) < 4.78 is 4.94. The first-order valence-corrected chi connectivity index (χ1v) is 7.46. The smallest absolute Gasteiger partial charge is 0.292 e. The van der Waals surface area contributed by atoms with E-state index in [2.05, 4.69) is 5.32 Å². The molecule has 23 heavy (non-hydrogen) atoms. The largest absolute Gasteiger partial charge is 0.472 e. The Morgan fingerprint density at radius 2 is 2.00 bits per heavy atom. The molecule has 0 spiro atoms. The molecule has 0 atom stereocenters. The van der Waals surface area contributed by atoms with E-state index in [0.717, 1.165) is 12.8 Å². The molecule has 1 N–H and O–H groups in total. The van der Waals surface area contributed by atoms with E-state index in [1.54, 1.807) is 29.2 Å². The van der Waals surface area contributed by atoms with Crippen LogP contribution in [0.25, 0.3) is 0 Å². The molecule has 7 nitrogen and oxygen atoms in total. The highest BCUT2D eigenvalue weighted by molar-refractivity contribution is 5.93. The van der Waals surface area contributed by atoms with Gasteiger partial charge in [-0.2, -0.15) is 0 Å². The van der Waals surface area contributed by atoms with Crippen LogP contribution in [-0.4, -0.2) is 34.9 Å². The van der Waals surface area contributed by atoms with E-state index in [9.17, 15) is 14.9 Å². The number of hydrogen-bond donors (Lipinski definition) is 1. The van der Waals surface area contributed by atoms with Crippen LogP contribution in [-0.2, 0) is 0 Å². The van der Waals surface area contributed by atoms with Crippen molar-refractivity contribution in [2.45, 2.75) is 18.9 Å². The second kappa shape index (κ2) is 6.51. The Hall–Kier alpha value is -2.83. The highest BCUT2D eigenvalue weighted by Gasteiger charge is 2.25. The highest BCUT2D eigenvalue weighted by Crippen LogP contribution is 2.26. The minimum absolute atomic E-state index is 0.0390. The van der Waals surface area contributed by atoms with Crippen molar-refractivity contribution in [2.75, 3.05) is 18.4 Å². The predicted octanol–water partition coefficient (Wildman–Crippen LogP) is 2.90. The number of carbonyl (C=O) groups is 1. The van der Waals surface area contributed by atoms with Crippen molar-refractivity contribution >= 4 is 17.3 Å². The second-order valence-corrected chi connectivity index (χ2v) is 5.50. The molecule has 2 aromatic rings. The number of carbonyl (C=O) groups excluding carboxylic acids is 1. The molecule has 3 rings (SSSR count). The molecular formula is C16H17N3O4. The van der Waals surface area contributed by atoms with Crippen molar-refractivity contribution in [3.63, 3.8) is 0 Å². The van der Waals surface area contributed by atoms with Crippen LogP contribution in [0.4, 0.5) is 11.4 Å². The summed E-state index contributed by atoms with van der Waals surface area (Å²) in [6.07, 6.45) is 4.42. The van der Waals surface area contributed by atoms with E-state index in [0.29, 0.717) is 24.3 Å². The SMILES string of the molecule is O=C(c1ccoc1)N1CCC(Nc2ccccc2[N+](=O)[O-])CC1. The number of amides is 1. The minimum Gasteiger partial charge on any atom is -0.472 e. The van der Waals surface area contributed by atoms with Crippen LogP contribution < -0.4 is 5.32 Å². The van der Waals surface area contributed by atoms with Gasteiger partial charge in [-0.05, 0) is 25.0 Å². The number of para-hydroxylation sites is 2. The maximum atomic E-state index is 12.2. The van der Waals surface area contributed by atoms with Crippen molar-refractivity contribution in [3.05, 3.63) is 58.5 Å². The van der Waals surface area contributed by atoms with Crippen LogP contribution in [0, 0.1) is 10.1 Å². The maximum Gasteiger partial charge on any atom is 0.292 e. The van der Waals surface area contributed by atoms with Gasteiger partial charge in [0.25, 0.3) is 11.6 Å². The predicted molar refractivity (Wildman–Crippen MR) is 84.4 cm³/mol. The summed E-state index contributed by atoms with van der Waals surface area (Å²) in [5.41, 5.74) is 1.15. The molecule has 1 aromatic carbocycles. The Labute approximate surface area is 133 Å². The molecular weight excluding hydrogens is 298 g/mol. The third-order valence-corrected chi connectivity index (χ3v) is 4.01. The molecule has 1 amide bonds. The quantitative estimate of drug-likeness (QED) is 0.692. The van der Waals surface area contributed by atoms with Gasteiger partial charge in [0.05, 0.1) is 16.7 Å². The number of rotatable bonds is 4. The van der Waals surface area contributed by atoms with Gasteiger partial charge in [-0.3, -0.25) is 14.9 Å². The molecule has 1 aliphatic heterocycles. The summed E-state index contributed by atoms with van der Waals surface area (Å²) in [7, 11) is 0. The fraction of sp³-hybridized carbons (Fsp3) is 0.312.